The number of nitrogens with zero attached hydrogens (tertiary/aromatic N) is 3. The molecular formula is C20H29N5O. The van der Waals surface area contributed by atoms with Crippen LogP contribution in [0.5, 0.6) is 0 Å². The Morgan fingerprint density at radius 2 is 1.96 bits per heavy atom. The van der Waals surface area contributed by atoms with E-state index in [1.807, 2.05) is 12.1 Å². The minimum atomic E-state index is -0.0593. The standard InChI is InChI=1S/C20H29N5O/c1-14-7-6-8-15(13-14)21-20(26)18-16-9-10-17(22-19(16)24-23-18)25-11-4-2-3-5-12-25/h9-10,14-15H,2-8,11-13H2,1H3,(H,21,26)(H,22,23,24). The van der Waals surface area contributed by atoms with E-state index in [0.717, 1.165) is 37.1 Å². The summed E-state index contributed by atoms with van der Waals surface area (Å²) in [6.07, 6.45) is 9.62. The fraction of sp³-hybridized carbons (Fsp3) is 0.650. The zero-order chi connectivity index (χ0) is 17.9. The zero-order valence-electron chi connectivity index (χ0n) is 15.6. The minimum absolute atomic E-state index is 0.0593. The summed E-state index contributed by atoms with van der Waals surface area (Å²) < 4.78 is 0. The Kier molecular flexibility index (Phi) is 5.09. The maximum absolute atomic E-state index is 12.7. The molecule has 26 heavy (non-hydrogen) atoms. The molecule has 2 unspecified atom stereocenters. The summed E-state index contributed by atoms with van der Waals surface area (Å²) in [4.78, 5) is 19.7. The zero-order valence-corrected chi connectivity index (χ0v) is 15.6. The molecule has 0 radical (unpaired) electrons. The van der Waals surface area contributed by atoms with Crippen molar-refractivity contribution in [3.8, 4) is 0 Å². The van der Waals surface area contributed by atoms with Crippen LogP contribution in [0.15, 0.2) is 12.1 Å². The third kappa shape index (κ3) is 3.69. The lowest BCUT2D eigenvalue weighted by Crippen LogP contribution is -2.38. The second-order valence-corrected chi connectivity index (χ2v) is 7.98. The Balaban J connectivity index is 1.50. The number of hydrogen-bond donors (Lipinski definition) is 2. The number of hydrogen-bond acceptors (Lipinski definition) is 4. The van der Waals surface area contributed by atoms with Crippen LogP contribution in [0.3, 0.4) is 0 Å². The van der Waals surface area contributed by atoms with Gasteiger partial charge in [0, 0.05) is 19.1 Å². The van der Waals surface area contributed by atoms with E-state index in [0.29, 0.717) is 17.3 Å². The summed E-state index contributed by atoms with van der Waals surface area (Å²) in [7, 11) is 0. The lowest BCUT2D eigenvalue weighted by Gasteiger charge is -2.27. The molecule has 6 nitrogen and oxygen atoms in total. The van der Waals surface area contributed by atoms with Gasteiger partial charge in [-0.05, 0) is 43.7 Å². The van der Waals surface area contributed by atoms with Crippen molar-refractivity contribution in [2.45, 2.75) is 64.3 Å². The van der Waals surface area contributed by atoms with E-state index in [-0.39, 0.29) is 11.9 Å². The summed E-state index contributed by atoms with van der Waals surface area (Å²) in [5.74, 6) is 1.60. The van der Waals surface area contributed by atoms with Gasteiger partial charge in [0.25, 0.3) is 5.91 Å². The van der Waals surface area contributed by atoms with Gasteiger partial charge in [0.2, 0.25) is 0 Å². The highest BCUT2D eigenvalue weighted by Gasteiger charge is 2.23. The molecule has 1 saturated carbocycles. The van der Waals surface area contributed by atoms with E-state index in [4.69, 9.17) is 4.98 Å². The van der Waals surface area contributed by atoms with Crippen molar-refractivity contribution in [2.75, 3.05) is 18.0 Å². The Morgan fingerprint density at radius 1 is 1.15 bits per heavy atom. The number of nitrogens with one attached hydrogen (secondary N) is 2. The predicted molar refractivity (Wildman–Crippen MR) is 103 cm³/mol. The molecule has 0 bridgehead atoms. The molecule has 2 N–H and O–H groups in total. The molecule has 0 spiro atoms. The first-order valence-electron chi connectivity index (χ1n) is 10.1. The minimum Gasteiger partial charge on any atom is -0.357 e. The molecule has 140 valence electrons. The summed E-state index contributed by atoms with van der Waals surface area (Å²) in [6, 6.07) is 4.29. The highest BCUT2D eigenvalue weighted by atomic mass is 16.2. The van der Waals surface area contributed by atoms with Crippen molar-refractivity contribution < 1.29 is 4.79 Å². The number of carbonyl (C=O) groups excluding carboxylic acids is 1. The molecule has 2 aromatic heterocycles. The summed E-state index contributed by atoms with van der Waals surface area (Å²) >= 11 is 0. The lowest BCUT2D eigenvalue weighted by atomic mass is 9.87. The average molecular weight is 355 g/mol. The molecule has 2 fully saturated rings. The molecule has 1 saturated heterocycles. The Hall–Kier alpha value is -2.11. The van der Waals surface area contributed by atoms with E-state index in [9.17, 15) is 4.79 Å². The second-order valence-electron chi connectivity index (χ2n) is 7.98. The van der Waals surface area contributed by atoms with Gasteiger partial charge in [0.1, 0.15) is 11.5 Å². The van der Waals surface area contributed by atoms with Gasteiger partial charge in [-0.15, -0.1) is 0 Å². The van der Waals surface area contributed by atoms with Crippen LogP contribution in [-0.2, 0) is 0 Å². The molecule has 1 aliphatic carbocycles. The number of fused-ring (bicyclic) bond motifs is 1. The van der Waals surface area contributed by atoms with E-state index in [1.165, 1.54) is 38.5 Å². The molecular weight excluding hydrogens is 326 g/mol. The average Bonchev–Trinajstić information content (AvgIpc) is 2.86. The van der Waals surface area contributed by atoms with Crippen molar-refractivity contribution in [2.24, 2.45) is 5.92 Å². The van der Waals surface area contributed by atoms with Gasteiger partial charge in [0.15, 0.2) is 5.65 Å². The summed E-state index contributed by atoms with van der Waals surface area (Å²) in [5, 5.41) is 11.2. The molecule has 6 heteroatoms. The Labute approximate surface area is 154 Å². The van der Waals surface area contributed by atoms with Crippen LogP contribution in [0, 0.1) is 5.92 Å². The van der Waals surface area contributed by atoms with Crippen LogP contribution in [0.4, 0.5) is 5.82 Å². The fourth-order valence-electron chi connectivity index (χ4n) is 4.36. The van der Waals surface area contributed by atoms with Crippen LogP contribution in [-0.4, -0.2) is 40.2 Å². The predicted octanol–water partition coefficient (Wildman–Crippen LogP) is 3.65. The summed E-state index contributed by atoms with van der Waals surface area (Å²) in [6.45, 7) is 4.37. The number of aromatic nitrogens is 3. The number of pyridine rings is 1. The van der Waals surface area contributed by atoms with E-state index in [1.54, 1.807) is 0 Å². The molecule has 2 aromatic rings. The highest BCUT2D eigenvalue weighted by molar-refractivity contribution is 6.04. The van der Waals surface area contributed by atoms with Gasteiger partial charge >= 0.3 is 0 Å². The molecule has 1 aliphatic heterocycles. The number of amides is 1. The molecule has 0 aromatic carbocycles. The van der Waals surface area contributed by atoms with E-state index >= 15 is 0 Å². The first kappa shape index (κ1) is 17.3. The third-order valence-electron chi connectivity index (χ3n) is 5.83. The number of rotatable bonds is 3. The monoisotopic (exact) mass is 355 g/mol. The molecule has 2 aliphatic rings. The maximum atomic E-state index is 12.7. The Morgan fingerprint density at radius 3 is 2.73 bits per heavy atom. The second kappa shape index (κ2) is 7.64. The smallest absolute Gasteiger partial charge is 0.270 e. The van der Waals surface area contributed by atoms with Gasteiger partial charge in [-0.1, -0.05) is 32.6 Å². The topological polar surface area (TPSA) is 73.9 Å². The first-order chi connectivity index (χ1) is 12.7. The van der Waals surface area contributed by atoms with Crippen molar-refractivity contribution in [3.05, 3.63) is 17.8 Å². The molecule has 1 amide bonds. The Bertz CT molecular complexity index is 763. The number of H-pyrrole nitrogens is 1. The molecule has 4 rings (SSSR count). The largest absolute Gasteiger partial charge is 0.357 e. The van der Waals surface area contributed by atoms with Crippen LogP contribution >= 0.6 is 0 Å². The van der Waals surface area contributed by atoms with Crippen molar-refractivity contribution in [1.82, 2.24) is 20.5 Å². The fourth-order valence-corrected chi connectivity index (χ4v) is 4.36. The quantitative estimate of drug-likeness (QED) is 0.881. The summed E-state index contributed by atoms with van der Waals surface area (Å²) in [5.41, 5.74) is 1.17. The van der Waals surface area contributed by atoms with Crippen LogP contribution in [0.1, 0.15) is 68.8 Å². The van der Waals surface area contributed by atoms with Crippen molar-refractivity contribution >= 4 is 22.8 Å². The molecule has 2 atom stereocenters. The van der Waals surface area contributed by atoms with Crippen LogP contribution < -0.4 is 10.2 Å². The van der Waals surface area contributed by atoms with Crippen LogP contribution in [0.25, 0.3) is 11.0 Å². The SMILES string of the molecule is CC1CCCC(NC(=O)c2[nH]nc3nc(N4CCCCCC4)ccc23)C1. The van der Waals surface area contributed by atoms with Crippen molar-refractivity contribution in [3.63, 3.8) is 0 Å². The number of carbonyl (C=O) groups is 1. The maximum Gasteiger partial charge on any atom is 0.270 e. The van der Waals surface area contributed by atoms with Gasteiger partial charge < -0.3 is 10.2 Å². The highest BCUT2D eigenvalue weighted by Crippen LogP contribution is 2.25. The normalized spacial score (nSPS) is 24.4. The van der Waals surface area contributed by atoms with Crippen LogP contribution in [0.2, 0.25) is 0 Å². The first-order valence-corrected chi connectivity index (χ1v) is 10.1. The number of aromatic amines is 1. The van der Waals surface area contributed by atoms with Gasteiger partial charge in [-0.3, -0.25) is 9.89 Å². The lowest BCUT2D eigenvalue weighted by molar-refractivity contribution is 0.0918. The van der Waals surface area contributed by atoms with E-state index in [2.05, 4.69) is 27.3 Å². The van der Waals surface area contributed by atoms with Crippen molar-refractivity contribution in [1.29, 1.82) is 0 Å². The molecule has 3 heterocycles. The van der Waals surface area contributed by atoms with Gasteiger partial charge in [-0.25, -0.2) is 4.98 Å². The van der Waals surface area contributed by atoms with Gasteiger partial charge in [-0.2, -0.15) is 5.10 Å². The van der Waals surface area contributed by atoms with Gasteiger partial charge in [0.05, 0.1) is 5.39 Å². The number of anilines is 1. The van der Waals surface area contributed by atoms with E-state index < -0.39 is 0 Å². The third-order valence-corrected chi connectivity index (χ3v) is 5.83.